The monoisotopic (exact) mass is 456 g/mol. The summed E-state index contributed by atoms with van der Waals surface area (Å²) in [5.74, 6) is 0.401. The molecule has 1 aliphatic carbocycles. The highest BCUT2D eigenvalue weighted by atomic mass is 16.5. The van der Waals surface area contributed by atoms with Crippen LogP contribution in [0.2, 0.25) is 0 Å². The van der Waals surface area contributed by atoms with E-state index >= 15 is 0 Å². The summed E-state index contributed by atoms with van der Waals surface area (Å²) in [6.07, 6.45) is 6.41. The zero-order valence-corrected chi connectivity index (χ0v) is 19.5. The lowest BCUT2D eigenvalue weighted by Gasteiger charge is -2.45. The Balaban J connectivity index is 1.51. The molecular weight excluding hydrogens is 420 g/mol. The summed E-state index contributed by atoms with van der Waals surface area (Å²) in [5, 5.41) is 41.2. The van der Waals surface area contributed by atoms with E-state index in [4.69, 9.17) is 9.47 Å². The largest absolute Gasteiger partial charge is 0.508 e. The Morgan fingerprint density at radius 1 is 0.970 bits per heavy atom. The molecule has 1 saturated carbocycles. The van der Waals surface area contributed by atoms with E-state index < -0.39 is 6.10 Å². The molecule has 0 bridgehead atoms. The number of aromatic hydroxyl groups is 3. The lowest BCUT2D eigenvalue weighted by molar-refractivity contribution is -0.154. The second-order valence-corrected chi connectivity index (χ2v) is 9.58. The van der Waals surface area contributed by atoms with Gasteiger partial charge in [-0.15, -0.1) is 0 Å². The Morgan fingerprint density at radius 3 is 2.55 bits per heavy atom. The molecule has 1 saturated heterocycles. The topological polar surface area (TPSA) is 99.4 Å². The molecule has 2 fully saturated rings. The van der Waals surface area contributed by atoms with Crippen LogP contribution in [0.25, 0.3) is 0 Å². The number of hydrogen-bond acceptors (Lipinski definition) is 6. The molecule has 180 valence electrons. The number of rotatable bonds is 7. The van der Waals surface area contributed by atoms with Crippen LogP contribution in [0.1, 0.15) is 80.6 Å². The van der Waals surface area contributed by atoms with Crippen LogP contribution in [0, 0.1) is 5.92 Å². The fourth-order valence-electron chi connectivity index (χ4n) is 5.51. The Kier molecular flexibility index (Phi) is 7.35. The molecule has 2 aliphatic rings. The van der Waals surface area contributed by atoms with Gasteiger partial charge >= 0.3 is 0 Å². The first kappa shape index (κ1) is 23.7. The number of aryl methyl sites for hydroxylation is 1. The van der Waals surface area contributed by atoms with E-state index in [0.717, 1.165) is 50.5 Å². The van der Waals surface area contributed by atoms with Gasteiger partial charge in [-0.3, -0.25) is 0 Å². The van der Waals surface area contributed by atoms with Gasteiger partial charge in [-0.25, -0.2) is 0 Å². The zero-order valence-electron chi connectivity index (χ0n) is 19.5. The summed E-state index contributed by atoms with van der Waals surface area (Å²) < 4.78 is 11.6. The molecule has 4 N–H and O–H groups in total. The van der Waals surface area contributed by atoms with Gasteiger partial charge in [0.25, 0.3) is 0 Å². The fourth-order valence-corrected chi connectivity index (χ4v) is 5.51. The van der Waals surface area contributed by atoms with Gasteiger partial charge in [0.1, 0.15) is 5.75 Å². The molecule has 0 amide bonds. The normalized spacial score (nSPS) is 27.2. The van der Waals surface area contributed by atoms with Crippen LogP contribution in [0.15, 0.2) is 30.3 Å². The standard InChI is InChI=1S/C27H36O6/c1-3-4-5-6-18-11-16(8-10-21(18)28)17-7-9-20-22(29)15-24(33-25(20)13-17)19-12-23(30)27(31)26(14-19)32-2/h8,10-12,14,17,20,22,24-25,28-31H,3-7,9,13,15H2,1-2H3/t17-,20-,22-,24-,25-/m0/s1. The van der Waals surface area contributed by atoms with Crippen molar-refractivity contribution in [2.24, 2.45) is 5.92 Å². The molecule has 1 heterocycles. The van der Waals surface area contributed by atoms with Crippen molar-refractivity contribution < 1.29 is 29.9 Å². The lowest BCUT2D eigenvalue weighted by atomic mass is 9.72. The average Bonchev–Trinajstić information content (AvgIpc) is 2.81. The third-order valence-corrected chi connectivity index (χ3v) is 7.43. The minimum atomic E-state index is -0.485. The number of aliphatic hydroxyl groups is 1. The highest BCUT2D eigenvalue weighted by Gasteiger charge is 2.42. The van der Waals surface area contributed by atoms with Gasteiger partial charge in [-0.05, 0) is 72.9 Å². The van der Waals surface area contributed by atoms with Crippen LogP contribution in [-0.2, 0) is 11.2 Å². The molecule has 6 nitrogen and oxygen atoms in total. The maximum atomic E-state index is 10.9. The van der Waals surface area contributed by atoms with E-state index in [1.165, 1.54) is 18.7 Å². The van der Waals surface area contributed by atoms with Gasteiger partial charge in [0, 0.05) is 12.3 Å². The number of methoxy groups -OCH3 is 1. The predicted octanol–water partition coefficient (Wildman–Crippen LogP) is 5.32. The molecular formula is C27H36O6. The maximum absolute atomic E-state index is 10.9. The van der Waals surface area contributed by atoms with E-state index in [2.05, 4.69) is 13.0 Å². The summed E-state index contributed by atoms with van der Waals surface area (Å²) >= 11 is 0. The predicted molar refractivity (Wildman–Crippen MR) is 126 cm³/mol. The molecule has 5 atom stereocenters. The highest BCUT2D eigenvalue weighted by molar-refractivity contribution is 5.52. The second kappa shape index (κ2) is 10.2. The zero-order chi connectivity index (χ0) is 23.5. The third-order valence-electron chi connectivity index (χ3n) is 7.43. The fraction of sp³-hybridized carbons (Fsp3) is 0.556. The Hall–Kier alpha value is -2.44. The molecule has 1 aliphatic heterocycles. The van der Waals surface area contributed by atoms with Crippen LogP contribution < -0.4 is 4.74 Å². The third kappa shape index (κ3) is 5.07. The number of phenolic OH excluding ortho intramolecular Hbond substituents is 3. The van der Waals surface area contributed by atoms with Crippen LogP contribution >= 0.6 is 0 Å². The SMILES string of the molecule is CCCCCc1cc([C@H]2CC[C@@H]3[C@H](C2)O[C@H](c2cc(O)c(O)c(OC)c2)C[C@@H]3O)ccc1O. The van der Waals surface area contributed by atoms with Crippen molar-refractivity contribution in [1.82, 2.24) is 0 Å². The van der Waals surface area contributed by atoms with Crippen molar-refractivity contribution in [2.75, 3.05) is 7.11 Å². The van der Waals surface area contributed by atoms with Gasteiger partial charge < -0.3 is 29.9 Å². The molecule has 2 aromatic carbocycles. The number of hydrogen-bond donors (Lipinski definition) is 4. The van der Waals surface area contributed by atoms with E-state index in [-0.39, 0.29) is 35.4 Å². The minimum absolute atomic E-state index is 0.0891. The number of unbranched alkanes of at least 4 members (excludes halogenated alkanes) is 2. The quantitative estimate of drug-likeness (QED) is 0.332. The number of phenols is 3. The minimum Gasteiger partial charge on any atom is -0.508 e. The van der Waals surface area contributed by atoms with Crippen molar-refractivity contribution in [3.8, 4) is 23.0 Å². The molecule has 0 radical (unpaired) electrons. The van der Waals surface area contributed by atoms with Gasteiger partial charge in [-0.1, -0.05) is 31.9 Å². The van der Waals surface area contributed by atoms with E-state index in [0.29, 0.717) is 23.7 Å². The molecule has 0 aromatic heterocycles. The van der Waals surface area contributed by atoms with Crippen LogP contribution in [-0.4, -0.2) is 39.7 Å². The van der Waals surface area contributed by atoms with Gasteiger partial charge in [-0.2, -0.15) is 0 Å². The van der Waals surface area contributed by atoms with Crippen molar-refractivity contribution in [1.29, 1.82) is 0 Å². The van der Waals surface area contributed by atoms with E-state index in [1.807, 2.05) is 12.1 Å². The molecule has 0 unspecified atom stereocenters. The van der Waals surface area contributed by atoms with Crippen molar-refractivity contribution in [2.45, 2.75) is 82.5 Å². The van der Waals surface area contributed by atoms with Crippen LogP contribution in [0.4, 0.5) is 0 Å². The lowest BCUT2D eigenvalue weighted by Crippen LogP contribution is -2.44. The second-order valence-electron chi connectivity index (χ2n) is 9.58. The van der Waals surface area contributed by atoms with Gasteiger partial charge in [0.2, 0.25) is 5.75 Å². The summed E-state index contributed by atoms with van der Waals surface area (Å²) in [4.78, 5) is 0. The van der Waals surface area contributed by atoms with Crippen molar-refractivity contribution in [3.05, 3.63) is 47.0 Å². The molecule has 2 aromatic rings. The first-order chi connectivity index (χ1) is 15.9. The molecule has 6 heteroatoms. The first-order valence-corrected chi connectivity index (χ1v) is 12.2. The smallest absolute Gasteiger partial charge is 0.200 e. The summed E-state index contributed by atoms with van der Waals surface area (Å²) in [6.45, 7) is 2.18. The molecule has 4 rings (SSSR count). The van der Waals surface area contributed by atoms with Gasteiger partial charge in [0.15, 0.2) is 11.5 Å². The Labute approximate surface area is 195 Å². The van der Waals surface area contributed by atoms with E-state index in [9.17, 15) is 20.4 Å². The summed E-state index contributed by atoms with van der Waals surface area (Å²) in [6, 6.07) is 9.13. The van der Waals surface area contributed by atoms with Crippen LogP contribution in [0.5, 0.6) is 23.0 Å². The summed E-state index contributed by atoms with van der Waals surface area (Å²) in [7, 11) is 1.44. The van der Waals surface area contributed by atoms with Crippen LogP contribution in [0.3, 0.4) is 0 Å². The number of ether oxygens (including phenoxy) is 2. The van der Waals surface area contributed by atoms with Crippen molar-refractivity contribution >= 4 is 0 Å². The number of benzene rings is 2. The molecule has 0 spiro atoms. The average molecular weight is 457 g/mol. The van der Waals surface area contributed by atoms with Crippen molar-refractivity contribution in [3.63, 3.8) is 0 Å². The highest BCUT2D eigenvalue weighted by Crippen LogP contribution is 2.48. The number of aliphatic hydroxyl groups excluding tert-OH is 1. The Morgan fingerprint density at radius 2 is 1.79 bits per heavy atom. The first-order valence-electron chi connectivity index (χ1n) is 12.2. The summed E-state index contributed by atoms with van der Waals surface area (Å²) in [5.41, 5.74) is 2.92. The number of fused-ring (bicyclic) bond motifs is 1. The van der Waals surface area contributed by atoms with Gasteiger partial charge in [0.05, 0.1) is 25.4 Å². The van der Waals surface area contributed by atoms with E-state index in [1.54, 1.807) is 6.07 Å². The maximum Gasteiger partial charge on any atom is 0.200 e. The Bertz CT molecular complexity index is 958. The molecule has 33 heavy (non-hydrogen) atoms.